The van der Waals surface area contributed by atoms with E-state index in [1.807, 2.05) is 32.0 Å². The number of hydrogen-bond donors (Lipinski definition) is 3. The molecule has 3 amide bonds. The van der Waals surface area contributed by atoms with E-state index in [-0.39, 0.29) is 18.4 Å². The minimum absolute atomic E-state index is 0.134. The fourth-order valence-corrected chi connectivity index (χ4v) is 2.32. The first-order chi connectivity index (χ1) is 13.0. The van der Waals surface area contributed by atoms with Crippen LogP contribution in [0.1, 0.15) is 17.5 Å². The molecular weight excluding hydrogens is 342 g/mol. The van der Waals surface area contributed by atoms with E-state index in [0.29, 0.717) is 24.5 Å². The first kappa shape index (κ1) is 20.0. The SMILES string of the molecule is C=CCNC(=O)Nc1ccc(NC(=O)CCOc2cc(C)ccc2C)cc1. The third-order valence-electron chi connectivity index (χ3n) is 3.76. The van der Waals surface area contributed by atoms with Gasteiger partial charge in [0, 0.05) is 17.9 Å². The fraction of sp³-hybridized carbons (Fsp3) is 0.238. The van der Waals surface area contributed by atoms with Crippen molar-refractivity contribution in [3.05, 3.63) is 66.2 Å². The van der Waals surface area contributed by atoms with Crippen molar-refractivity contribution < 1.29 is 14.3 Å². The van der Waals surface area contributed by atoms with Gasteiger partial charge < -0.3 is 20.7 Å². The van der Waals surface area contributed by atoms with E-state index in [9.17, 15) is 9.59 Å². The first-order valence-corrected chi connectivity index (χ1v) is 8.73. The highest BCUT2D eigenvalue weighted by molar-refractivity contribution is 5.92. The summed E-state index contributed by atoms with van der Waals surface area (Å²) in [6.07, 6.45) is 1.85. The Morgan fingerprint density at radius 3 is 2.37 bits per heavy atom. The standard InChI is InChI=1S/C21H25N3O3/c1-4-12-22-21(26)24-18-9-7-17(8-10-18)23-20(25)11-13-27-19-14-15(2)5-6-16(19)3/h4-10,14H,1,11-13H2,2-3H3,(H,23,25)(H2,22,24,26). The molecule has 0 spiro atoms. The molecule has 2 rings (SSSR count). The van der Waals surface area contributed by atoms with E-state index in [4.69, 9.17) is 4.74 Å². The van der Waals surface area contributed by atoms with Crippen molar-refractivity contribution in [1.29, 1.82) is 0 Å². The summed E-state index contributed by atoms with van der Waals surface area (Å²) in [4.78, 5) is 23.6. The summed E-state index contributed by atoms with van der Waals surface area (Å²) >= 11 is 0. The molecule has 6 heteroatoms. The second kappa shape index (κ2) is 10.0. The zero-order chi connectivity index (χ0) is 19.6. The molecule has 2 aromatic carbocycles. The summed E-state index contributed by atoms with van der Waals surface area (Å²) in [7, 11) is 0. The lowest BCUT2D eigenvalue weighted by atomic mass is 10.1. The van der Waals surface area contributed by atoms with Gasteiger partial charge in [0.15, 0.2) is 0 Å². The normalized spacial score (nSPS) is 10.0. The lowest BCUT2D eigenvalue weighted by molar-refractivity contribution is -0.116. The van der Waals surface area contributed by atoms with Gasteiger partial charge in [0.1, 0.15) is 5.75 Å². The van der Waals surface area contributed by atoms with E-state index >= 15 is 0 Å². The topological polar surface area (TPSA) is 79.5 Å². The van der Waals surface area contributed by atoms with Crippen LogP contribution in [-0.2, 0) is 4.79 Å². The van der Waals surface area contributed by atoms with Crippen LogP contribution in [0.4, 0.5) is 16.2 Å². The Labute approximate surface area is 159 Å². The highest BCUT2D eigenvalue weighted by Crippen LogP contribution is 2.19. The molecule has 0 fully saturated rings. The van der Waals surface area contributed by atoms with Gasteiger partial charge in [-0.15, -0.1) is 6.58 Å². The van der Waals surface area contributed by atoms with Crippen molar-refractivity contribution in [2.45, 2.75) is 20.3 Å². The fourth-order valence-electron chi connectivity index (χ4n) is 2.32. The van der Waals surface area contributed by atoms with Crippen LogP contribution in [0.3, 0.4) is 0 Å². The number of anilines is 2. The maximum atomic E-state index is 12.1. The Morgan fingerprint density at radius 2 is 1.70 bits per heavy atom. The van der Waals surface area contributed by atoms with Crippen molar-refractivity contribution in [2.24, 2.45) is 0 Å². The summed E-state index contributed by atoms with van der Waals surface area (Å²) in [6, 6.07) is 12.6. The van der Waals surface area contributed by atoms with Crippen molar-refractivity contribution in [3.8, 4) is 5.75 Å². The van der Waals surface area contributed by atoms with Crippen molar-refractivity contribution in [1.82, 2.24) is 5.32 Å². The lowest BCUT2D eigenvalue weighted by Gasteiger charge is -2.11. The van der Waals surface area contributed by atoms with Gasteiger partial charge in [-0.05, 0) is 55.3 Å². The van der Waals surface area contributed by atoms with Gasteiger partial charge in [-0.1, -0.05) is 18.2 Å². The molecule has 0 saturated carbocycles. The highest BCUT2D eigenvalue weighted by atomic mass is 16.5. The number of rotatable bonds is 8. The molecule has 142 valence electrons. The van der Waals surface area contributed by atoms with E-state index in [2.05, 4.69) is 22.5 Å². The lowest BCUT2D eigenvalue weighted by Crippen LogP contribution is -2.28. The molecule has 0 saturated heterocycles. The van der Waals surface area contributed by atoms with E-state index in [1.165, 1.54) is 0 Å². The molecule has 0 heterocycles. The first-order valence-electron chi connectivity index (χ1n) is 8.73. The van der Waals surface area contributed by atoms with Gasteiger partial charge in [-0.3, -0.25) is 4.79 Å². The molecule has 0 aliphatic carbocycles. The number of ether oxygens (including phenoxy) is 1. The molecule has 0 atom stereocenters. The Morgan fingerprint density at radius 1 is 1.04 bits per heavy atom. The van der Waals surface area contributed by atoms with Crippen LogP contribution >= 0.6 is 0 Å². The minimum atomic E-state index is -0.310. The van der Waals surface area contributed by atoms with Crippen LogP contribution in [0, 0.1) is 13.8 Å². The van der Waals surface area contributed by atoms with E-state index < -0.39 is 0 Å². The maximum absolute atomic E-state index is 12.1. The number of carbonyl (C=O) groups is 2. The number of benzene rings is 2. The number of aryl methyl sites for hydroxylation is 2. The number of carbonyl (C=O) groups excluding carboxylic acids is 2. The molecule has 0 aliphatic rings. The maximum Gasteiger partial charge on any atom is 0.319 e. The molecule has 0 aromatic heterocycles. The average molecular weight is 367 g/mol. The van der Waals surface area contributed by atoms with Crippen LogP contribution in [0.2, 0.25) is 0 Å². The van der Waals surface area contributed by atoms with Gasteiger partial charge in [0.25, 0.3) is 0 Å². The predicted octanol–water partition coefficient (Wildman–Crippen LogP) is 4.02. The second-order valence-corrected chi connectivity index (χ2v) is 6.12. The monoisotopic (exact) mass is 367 g/mol. The third-order valence-corrected chi connectivity index (χ3v) is 3.76. The number of amides is 3. The van der Waals surface area contributed by atoms with Crippen LogP contribution in [-0.4, -0.2) is 25.1 Å². The molecule has 0 aliphatic heterocycles. The van der Waals surface area contributed by atoms with Crippen LogP contribution in [0.25, 0.3) is 0 Å². The van der Waals surface area contributed by atoms with Crippen molar-refractivity contribution in [3.63, 3.8) is 0 Å². The summed E-state index contributed by atoms with van der Waals surface area (Å²) in [5, 5.41) is 8.12. The van der Waals surface area contributed by atoms with E-state index in [1.54, 1.807) is 30.3 Å². The Bertz CT molecular complexity index is 801. The van der Waals surface area contributed by atoms with Gasteiger partial charge in [-0.25, -0.2) is 4.79 Å². The third kappa shape index (κ3) is 6.86. The molecule has 2 aromatic rings. The summed E-state index contributed by atoms with van der Waals surface area (Å²) in [6.45, 7) is 8.21. The van der Waals surface area contributed by atoms with Gasteiger partial charge in [0.05, 0.1) is 13.0 Å². The van der Waals surface area contributed by atoms with Gasteiger partial charge in [-0.2, -0.15) is 0 Å². The number of nitrogens with one attached hydrogen (secondary N) is 3. The number of urea groups is 1. The second-order valence-electron chi connectivity index (χ2n) is 6.12. The van der Waals surface area contributed by atoms with E-state index in [0.717, 1.165) is 16.9 Å². The Hall–Kier alpha value is -3.28. The van der Waals surface area contributed by atoms with Crippen LogP contribution in [0.15, 0.2) is 55.1 Å². The average Bonchev–Trinajstić information content (AvgIpc) is 2.64. The molecule has 6 nitrogen and oxygen atoms in total. The van der Waals surface area contributed by atoms with Crippen molar-refractivity contribution >= 4 is 23.3 Å². The van der Waals surface area contributed by atoms with Crippen molar-refractivity contribution in [2.75, 3.05) is 23.8 Å². The Balaban J connectivity index is 1.77. The largest absolute Gasteiger partial charge is 0.493 e. The quantitative estimate of drug-likeness (QED) is 0.617. The molecular formula is C21H25N3O3. The highest BCUT2D eigenvalue weighted by Gasteiger charge is 2.06. The number of hydrogen-bond acceptors (Lipinski definition) is 3. The van der Waals surface area contributed by atoms with Gasteiger partial charge in [0.2, 0.25) is 5.91 Å². The minimum Gasteiger partial charge on any atom is -0.493 e. The zero-order valence-corrected chi connectivity index (χ0v) is 15.7. The van der Waals surface area contributed by atoms with Crippen LogP contribution in [0.5, 0.6) is 5.75 Å². The van der Waals surface area contributed by atoms with Crippen LogP contribution < -0.4 is 20.7 Å². The summed E-state index contributed by atoms with van der Waals surface area (Å²) in [5.74, 6) is 0.665. The van der Waals surface area contributed by atoms with Gasteiger partial charge >= 0.3 is 6.03 Å². The summed E-state index contributed by atoms with van der Waals surface area (Å²) in [5.41, 5.74) is 3.45. The molecule has 3 N–H and O–H groups in total. The molecule has 27 heavy (non-hydrogen) atoms. The smallest absolute Gasteiger partial charge is 0.319 e. The molecule has 0 bridgehead atoms. The Kier molecular flexibility index (Phi) is 7.43. The molecule has 0 radical (unpaired) electrons. The zero-order valence-electron chi connectivity index (χ0n) is 15.7. The molecule has 0 unspecified atom stereocenters. The summed E-state index contributed by atoms with van der Waals surface area (Å²) < 4.78 is 5.70. The predicted molar refractivity (Wildman–Crippen MR) is 108 cm³/mol.